The molecule has 0 saturated carbocycles. The predicted octanol–water partition coefficient (Wildman–Crippen LogP) is 5.88. The van der Waals surface area contributed by atoms with Crippen LogP contribution in [0, 0.1) is 0 Å². The zero-order valence-corrected chi connectivity index (χ0v) is 12.6. The van der Waals surface area contributed by atoms with Gasteiger partial charge in [0, 0.05) is 14.9 Å². The number of hydrogen-bond acceptors (Lipinski definition) is 0. The van der Waals surface area contributed by atoms with Gasteiger partial charge in [-0.3, -0.25) is 0 Å². The van der Waals surface area contributed by atoms with E-state index in [0.29, 0.717) is 4.83 Å². The molecule has 1 unspecified atom stereocenters. The molecule has 0 heterocycles. The molecular formula is C13H17BrCl2. The molecule has 0 aliphatic rings. The van der Waals surface area contributed by atoms with Gasteiger partial charge in [0.15, 0.2) is 0 Å². The van der Waals surface area contributed by atoms with E-state index in [4.69, 9.17) is 23.2 Å². The first-order chi connectivity index (χ1) is 7.63. The summed E-state index contributed by atoms with van der Waals surface area (Å²) >= 11 is 15.7. The molecular weight excluding hydrogens is 307 g/mol. The molecule has 0 aromatic heterocycles. The van der Waals surface area contributed by atoms with Crippen LogP contribution in [0.5, 0.6) is 0 Å². The number of halogens is 3. The summed E-state index contributed by atoms with van der Waals surface area (Å²) in [5.74, 6) is 0. The largest absolute Gasteiger partial charge is 0.0891 e. The standard InChI is InChI=1S/C13H17BrCl2/c1-2-4-11(14)6-3-5-10-9-12(15)7-8-13(10)16/h7-9,11H,2-6H2,1H3. The molecule has 1 aromatic carbocycles. The van der Waals surface area contributed by atoms with Gasteiger partial charge in [-0.25, -0.2) is 0 Å². The van der Waals surface area contributed by atoms with Gasteiger partial charge in [0.05, 0.1) is 0 Å². The van der Waals surface area contributed by atoms with Crippen molar-refractivity contribution in [2.45, 2.75) is 43.9 Å². The molecule has 1 aromatic rings. The van der Waals surface area contributed by atoms with Crippen molar-refractivity contribution >= 4 is 39.1 Å². The summed E-state index contributed by atoms with van der Waals surface area (Å²) in [5.41, 5.74) is 1.16. The summed E-state index contributed by atoms with van der Waals surface area (Å²) in [6.07, 6.45) is 5.81. The Balaban J connectivity index is 2.39. The van der Waals surface area contributed by atoms with Crippen molar-refractivity contribution in [3.63, 3.8) is 0 Å². The van der Waals surface area contributed by atoms with Gasteiger partial charge in [0.2, 0.25) is 0 Å². The second-order valence-corrected chi connectivity index (χ2v) is 6.15. The van der Waals surface area contributed by atoms with Crippen LogP contribution in [0.15, 0.2) is 18.2 Å². The maximum Gasteiger partial charge on any atom is 0.0439 e. The zero-order chi connectivity index (χ0) is 12.0. The number of benzene rings is 1. The van der Waals surface area contributed by atoms with Crippen molar-refractivity contribution in [2.24, 2.45) is 0 Å². The lowest BCUT2D eigenvalue weighted by Crippen LogP contribution is -1.98. The predicted molar refractivity (Wildman–Crippen MR) is 77.0 cm³/mol. The van der Waals surface area contributed by atoms with Crippen LogP contribution in [0.1, 0.15) is 38.2 Å². The maximum atomic E-state index is 6.10. The molecule has 0 radical (unpaired) electrons. The van der Waals surface area contributed by atoms with Gasteiger partial charge >= 0.3 is 0 Å². The molecule has 90 valence electrons. The van der Waals surface area contributed by atoms with Gasteiger partial charge < -0.3 is 0 Å². The van der Waals surface area contributed by atoms with E-state index in [0.717, 1.165) is 28.5 Å². The Morgan fingerprint density at radius 2 is 2.00 bits per heavy atom. The Bertz CT molecular complexity index is 326. The molecule has 16 heavy (non-hydrogen) atoms. The molecule has 0 nitrogen and oxygen atoms in total. The van der Waals surface area contributed by atoms with E-state index in [1.165, 1.54) is 19.3 Å². The van der Waals surface area contributed by atoms with Crippen LogP contribution >= 0.6 is 39.1 Å². The molecule has 3 heteroatoms. The van der Waals surface area contributed by atoms with Gasteiger partial charge in [-0.2, -0.15) is 0 Å². The molecule has 0 bridgehead atoms. The van der Waals surface area contributed by atoms with E-state index in [2.05, 4.69) is 22.9 Å². The average molecular weight is 324 g/mol. The minimum Gasteiger partial charge on any atom is -0.0891 e. The first kappa shape index (κ1) is 14.3. The summed E-state index contributed by atoms with van der Waals surface area (Å²) in [6.45, 7) is 2.21. The van der Waals surface area contributed by atoms with Crippen LogP contribution in [0.25, 0.3) is 0 Å². The summed E-state index contributed by atoms with van der Waals surface area (Å²) in [5, 5.41) is 1.59. The van der Waals surface area contributed by atoms with Crippen LogP contribution in [0.3, 0.4) is 0 Å². The third-order valence-corrected chi connectivity index (χ3v) is 4.09. The average Bonchev–Trinajstić information content (AvgIpc) is 2.23. The molecule has 1 atom stereocenters. The Kier molecular flexibility index (Phi) is 6.79. The van der Waals surface area contributed by atoms with Crippen molar-refractivity contribution in [3.05, 3.63) is 33.8 Å². The van der Waals surface area contributed by atoms with E-state index in [-0.39, 0.29) is 0 Å². The summed E-state index contributed by atoms with van der Waals surface area (Å²) < 4.78 is 0. The highest BCUT2D eigenvalue weighted by Crippen LogP contribution is 2.23. The fourth-order valence-corrected chi connectivity index (χ4v) is 2.89. The van der Waals surface area contributed by atoms with Gasteiger partial charge in [-0.1, -0.05) is 52.5 Å². The molecule has 0 amide bonds. The van der Waals surface area contributed by atoms with Crippen LogP contribution in [-0.4, -0.2) is 4.83 Å². The lowest BCUT2D eigenvalue weighted by Gasteiger charge is -2.09. The SMILES string of the molecule is CCCC(Br)CCCc1cc(Cl)ccc1Cl. The van der Waals surface area contributed by atoms with Crippen molar-refractivity contribution in [2.75, 3.05) is 0 Å². The maximum absolute atomic E-state index is 6.10. The number of alkyl halides is 1. The summed E-state index contributed by atoms with van der Waals surface area (Å²) in [4.78, 5) is 0.635. The molecule has 0 N–H and O–H groups in total. The Labute approximate surface area is 116 Å². The third-order valence-electron chi connectivity index (χ3n) is 2.57. The van der Waals surface area contributed by atoms with E-state index in [1.807, 2.05) is 18.2 Å². The minimum absolute atomic E-state index is 0.635. The summed E-state index contributed by atoms with van der Waals surface area (Å²) in [6, 6.07) is 5.67. The third kappa shape index (κ3) is 5.07. The molecule has 1 rings (SSSR count). The highest BCUT2D eigenvalue weighted by molar-refractivity contribution is 9.09. The summed E-state index contributed by atoms with van der Waals surface area (Å²) in [7, 11) is 0. The Morgan fingerprint density at radius 3 is 2.69 bits per heavy atom. The second kappa shape index (κ2) is 7.58. The fourth-order valence-electron chi connectivity index (χ4n) is 1.71. The van der Waals surface area contributed by atoms with E-state index in [1.54, 1.807) is 0 Å². The smallest absolute Gasteiger partial charge is 0.0439 e. The number of hydrogen-bond donors (Lipinski definition) is 0. The first-order valence-corrected chi connectivity index (χ1v) is 7.38. The minimum atomic E-state index is 0.635. The quantitative estimate of drug-likeness (QED) is 0.573. The van der Waals surface area contributed by atoms with Gasteiger partial charge in [-0.15, -0.1) is 0 Å². The van der Waals surface area contributed by atoms with Crippen LogP contribution in [0.2, 0.25) is 10.0 Å². The lowest BCUT2D eigenvalue weighted by atomic mass is 10.1. The lowest BCUT2D eigenvalue weighted by molar-refractivity contribution is 0.655. The Morgan fingerprint density at radius 1 is 1.25 bits per heavy atom. The van der Waals surface area contributed by atoms with E-state index in [9.17, 15) is 0 Å². The molecule has 0 saturated heterocycles. The van der Waals surface area contributed by atoms with Crippen molar-refractivity contribution in [1.82, 2.24) is 0 Å². The van der Waals surface area contributed by atoms with Crippen LogP contribution < -0.4 is 0 Å². The van der Waals surface area contributed by atoms with Crippen LogP contribution in [0.4, 0.5) is 0 Å². The molecule has 0 aliphatic carbocycles. The first-order valence-electron chi connectivity index (χ1n) is 5.71. The van der Waals surface area contributed by atoms with E-state index >= 15 is 0 Å². The molecule has 0 fully saturated rings. The van der Waals surface area contributed by atoms with Crippen LogP contribution in [-0.2, 0) is 6.42 Å². The highest BCUT2D eigenvalue weighted by atomic mass is 79.9. The van der Waals surface area contributed by atoms with Gasteiger partial charge in [-0.05, 0) is 49.4 Å². The number of rotatable bonds is 6. The van der Waals surface area contributed by atoms with E-state index < -0.39 is 0 Å². The highest BCUT2D eigenvalue weighted by Gasteiger charge is 2.05. The Hall–Kier alpha value is 0.280. The molecule has 0 aliphatic heterocycles. The second-order valence-electron chi connectivity index (χ2n) is 4.01. The molecule has 0 spiro atoms. The van der Waals surface area contributed by atoms with Crippen molar-refractivity contribution < 1.29 is 0 Å². The van der Waals surface area contributed by atoms with Crippen molar-refractivity contribution in [3.8, 4) is 0 Å². The topological polar surface area (TPSA) is 0 Å². The number of aryl methyl sites for hydroxylation is 1. The van der Waals surface area contributed by atoms with Gasteiger partial charge in [0.25, 0.3) is 0 Å². The monoisotopic (exact) mass is 322 g/mol. The fraction of sp³-hybridized carbons (Fsp3) is 0.538. The van der Waals surface area contributed by atoms with Gasteiger partial charge in [0.1, 0.15) is 0 Å². The zero-order valence-electron chi connectivity index (χ0n) is 9.48. The normalized spacial score (nSPS) is 12.8. The van der Waals surface area contributed by atoms with Crippen molar-refractivity contribution in [1.29, 1.82) is 0 Å².